The molecule has 0 spiro atoms. The quantitative estimate of drug-likeness (QED) is 0.215. The first-order valence-corrected chi connectivity index (χ1v) is 12.9. The van der Waals surface area contributed by atoms with E-state index in [-0.39, 0.29) is 38.5 Å². The maximum absolute atomic E-state index is 13.6. The fraction of sp³-hybridized carbons (Fsp3) is 0.267. The van der Waals surface area contributed by atoms with E-state index >= 15 is 0 Å². The van der Waals surface area contributed by atoms with Crippen LogP contribution in [0.4, 0.5) is 28.0 Å². The lowest BCUT2D eigenvalue weighted by Crippen LogP contribution is -2.46. The number of alkyl halides is 3. The van der Waals surface area contributed by atoms with Gasteiger partial charge in [-0.1, -0.05) is 36.4 Å². The zero-order valence-corrected chi connectivity index (χ0v) is 22.4. The molecule has 3 amide bonds. The largest absolute Gasteiger partial charge is 0.416 e. The summed E-state index contributed by atoms with van der Waals surface area (Å²) < 4.78 is 57.9. The van der Waals surface area contributed by atoms with Gasteiger partial charge in [0.05, 0.1) is 12.2 Å². The van der Waals surface area contributed by atoms with Crippen LogP contribution in [-0.2, 0) is 28.7 Å². The predicted octanol–water partition coefficient (Wildman–Crippen LogP) is 6.08. The van der Waals surface area contributed by atoms with Gasteiger partial charge in [0.1, 0.15) is 12.4 Å². The summed E-state index contributed by atoms with van der Waals surface area (Å²) >= 11 is 0. The van der Waals surface area contributed by atoms with Crippen LogP contribution in [0, 0.1) is 5.82 Å². The van der Waals surface area contributed by atoms with E-state index in [1.807, 2.05) is 30.5 Å². The Labute approximate surface area is 234 Å². The van der Waals surface area contributed by atoms with Crippen LogP contribution in [0.15, 0.2) is 79.0 Å². The van der Waals surface area contributed by atoms with E-state index in [0.29, 0.717) is 12.0 Å². The molecule has 3 aromatic carbocycles. The number of amides is 3. The molecule has 0 unspecified atom stereocenters. The summed E-state index contributed by atoms with van der Waals surface area (Å²) in [6.45, 7) is 0.214. The van der Waals surface area contributed by atoms with Crippen LogP contribution in [0.5, 0.6) is 0 Å². The molecule has 0 aliphatic rings. The molecule has 0 saturated carbocycles. The summed E-state index contributed by atoms with van der Waals surface area (Å²) in [7, 11) is 1.46. The van der Waals surface area contributed by atoms with Crippen LogP contribution in [0.1, 0.15) is 16.7 Å². The van der Waals surface area contributed by atoms with Gasteiger partial charge >= 0.3 is 12.2 Å². The first-order chi connectivity index (χ1) is 19.6. The smallest absolute Gasteiger partial charge is 0.383 e. The summed E-state index contributed by atoms with van der Waals surface area (Å²) in [6, 6.07) is 17.1. The molecule has 4 aromatic rings. The van der Waals surface area contributed by atoms with E-state index in [1.165, 1.54) is 47.2 Å². The highest BCUT2D eigenvalue weighted by Crippen LogP contribution is 2.29. The number of benzene rings is 3. The van der Waals surface area contributed by atoms with Crippen LogP contribution >= 0.6 is 0 Å². The Kier molecular flexibility index (Phi) is 9.61. The third-order valence-corrected chi connectivity index (χ3v) is 6.59. The number of aromatic nitrogens is 1. The molecule has 1 heterocycles. The highest BCUT2D eigenvalue weighted by atomic mass is 19.4. The Morgan fingerprint density at radius 1 is 0.951 bits per heavy atom. The monoisotopic (exact) mass is 570 g/mol. The van der Waals surface area contributed by atoms with Crippen molar-refractivity contribution in [2.45, 2.75) is 19.1 Å². The van der Waals surface area contributed by atoms with Crippen LogP contribution in [0.25, 0.3) is 10.9 Å². The normalized spacial score (nSPS) is 11.4. The minimum atomic E-state index is -4.47. The van der Waals surface area contributed by atoms with Gasteiger partial charge in [-0.2, -0.15) is 13.2 Å². The van der Waals surface area contributed by atoms with Crippen LogP contribution < -0.4 is 5.32 Å². The first-order valence-electron chi connectivity index (χ1n) is 12.9. The molecule has 0 aliphatic carbocycles. The zero-order chi connectivity index (χ0) is 29.4. The van der Waals surface area contributed by atoms with E-state index in [0.717, 1.165) is 34.7 Å². The van der Waals surface area contributed by atoms with Crippen molar-refractivity contribution in [1.82, 2.24) is 14.8 Å². The number of rotatable bonds is 11. The Morgan fingerprint density at radius 2 is 1.71 bits per heavy atom. The van der Waals surface area contributed by atoms with E-state index in [1.54, 1.807) is 0 Å². The summed E-state index contributed by atoms with van der Waals surface area (Å²) in [5.41, 5.74) is 1.88. The number of methoxy groups -OCH3 is 1. The van der Waals surface area contributed by atoms with Gasteiger partial charge in [0.2, 0.25) is 5.91 Å². The number of fused-ring (bicyclic) bond motifs is 1. The molecule has 0 atom stereocenters. The average molecular weight is 571 g/mol. The molecule has 0 aliphatic heterocycles. The van der Waals surface area contributed by atoms with Crippen LogP contribution in [0.2, 0.25) is 0 Å². The molecule has 0 saturated heterocycles. The fourth-order valence-electron chi connectivity index (χ4n) is 4.39. The Balaban J connectivity index is 1.53. The second-order valence-electron chi connectivity index (χ2n) is 9.47. The van der Waals surface area contributed by atoms with Crippen LogP contribution in [-0.4, -0.2) is 60.1 Å². The number of aromatic amines is 1. The number of anilines is 1. The number of urea groups is 1. The second kappa shape index (κ2) is 13.3. The molecule has 7 nitrogen and oxygen atoms in total. The average Bonchev–Trinajstić information content (AvgIpc) is 3.36. The number of nitrogens with one attached hydrogen (secondary N) is 2. The molecule has 11 heteroatoms. The lowest BCUT2D eigenvalue weighted by Gasteiger charge is -2.28. The van der Waals surface area contributed by atoms with Crippen molar-refractivity contribution in [2.24, 2.45) is 0 Å². The lowest BCUT2D eigenvalue weighted by atomic mass is 10.1. The van der Waals surface area contributed by atoms with Crippen molar-refractivity contribution in [2.75, 3.05) is 38.7 Å². The minimum absolute atomic E-state index is 0.0446. The summed E-state index contributed by atoms with van der Waals surface area (Å²) in [5, 5.41) is 3.60. The SMILES string of the molecule is COCCN(CC(=O)N(CCc1c[nH]c2ccccc12)Cc1ccc(C(F)(F)F)cc1)C(=O)Nc1cccc(F)c1. The van der Waals surface area contributed by atoms with Crippen molar-refractivity contribution >= 4 is 28.5 Å². The van der Waals surface area contributed by atoms with Crippen molar-refractivity contribution < 1.29 is 31.9 Å². The van der Waals surface area contributed by atoms with E-state index < -0.39 is 29.5 Å². The summed E-state index contributed by atoms with van der Waals surface area (Å²) in [4.78, 5) is 32.6. The van der Waals surface area contributed by atoms with Gasteiger partial charge in [-0.3, -0.25) is 4.79 Å². The molecule has 4 rings (SSSR count). The Bertz CT molecular complexity index is 1470. The van der Waals surface area contributed by atoms with Gasteiger partial charge in [-0.05, 0) is 53.9 Å². The molecule has 2 N–H and O–H groups in total. The summed E-state index contributed by atoms with van der Waals surface area (Å²) in [6.07, 6.45) is -2.13. The van der Waals surface area contributed by atoms with Crippen molar-refractivity contribution in [3.8, 4) is 0 Å². The zero-order valence-electron chi connectivity index (χ0n) is 22.4. The fourth-order valence-corrected chi connectivity index (χ4v) is 4.39. The Morgan fingerprint density at radius 3 is 2.41 bits per heavy atom. The lowest BCUT2D eigenvalue weighted by molar-refractivity contribution is -0.137. The van der Waals surface area contributed by atoms with Crippen molar-refractivity contribution in [3.05, 3.63) is 102 Å². The third kappa shape index (κ3) is 8.07. The van der Waals surface area contributed by atoms with Crippen molar-refractivity contribution in [3.63, 3.8) is 0 Å². The number of H-pyrrole nitrogens is 1. The predicted molar refractivity (Wildman–Crippen MR) is 148 cm³/mol. The van der Waals surface area contributed by atoms with E-state index in [2.05, 4.69) is 10.3 Å². The van der Waals surface area contributed by atoms with E-state index in [9.17, 15) is 27.2 Å². The number of para-hydroxylation sites is 1. The maximum atomic E-state index is 13.6. The van der Waals surface area contributed by atoms with Crippen LogP contribution in [0.3, 0.4) is 0 Å². The molecule has 41 heavy (non-hydrogen) atoms. The number of halogens is 4. The van der Waals surface area contributed by atoms with Gasteiger partial charge in [-0.15, -0.1) is 0 Å². The molecule has 0 fully saturated rings. The number of nitrogens with zero attached hydrogens (tertiary/aromatic N) is 2. The van der Waals surface area contributed by atoms with Gasteiger partial charge in [0, 0.05) is 49.5 Å². The van der Waals surface area contributed by atoms with Gasteiger partial charge in [-0.25, -0.2) is 9.18 Å². The second-order valence-corrected chi connectivity index (χ2v) is 9.47. The van der Waals surface area contributed by atoms with E-state index in [4.69, 9.17) is 4.74 Å². The highest BCUT2D eigenvalue weighted by Gasteiger charge is 2.30. The van der Waals surface area contributed by atoms with Gasteiger partial charge in [0.25, 0.3) is 0 Å². The maximum Gasteiger partial charge on any atom is 0.416 e. The first kappa shape index (κ1) is 29.6. The molecular weight excluding hydrogens is 540 g/mol. The van der Waals surface area contributed by atoms with Crippen molar-refractivity contribution in [1.29, 1.82) is 0 Å². The minimum Gasteiger partial charge on any atom is -0.383 e. The molecule has 1 aromatic heterocycles. The molecular formula is C30H30F4N4O3. The standard InChI is InChI=1S/C30H30F4N4O3/c1-41-16-15-38(29(40)36-25-6-4-5-24(31)17-25)20-28(39)37(19-21-9-11-23(12-10-21)30(32,33)34)14-13-22-18-35-27-8-3-2-7-26(22)27/h2-12,17-18,35H,13-16,19-20H2,1H3,(H,36,40). The molecule has 0 bridgehead atoms. The molecule has 216 valence electrons. The number of hydrogen-bond acceptors (Lipinski definition) is 3. The number of carbonyl (C=O) groups is 2. The van der Waals surface area contributed by atoms with Gasteiger partial charge < -0.3 is 24.8 Å². The summed E-state index contributed by atoms with van der Waals surface area (Å²) in [5.74, 6) is -0.933. The third-order valence-electron chi connectivity index (χ3n) is 6.59. The topological polar surface area (TPSA) is 77.7 Å². The highest BCUT2D eigenvalue weighted by molar-refractivity contribution is 5.92. The Hall–Kier alpha value is -4.38. The number of carbonyl (C=O) groups excluding carboxylic acids is 2. The molecule has 0 radical (unpaired) electrons. The number of ether oxygens (including phenoxy) is 1. The van der Waals surface area contributed by atoms with Gasteiger partial charge in [0.15, 0.2) is 0 Å². The number of hydrogen-bond donors (Lipinski definition) is 2.